The van der Waals surface area contributed by atoms with E-state index in [1.54, 1.807) is 24.3 Å². The van der Waals surface area contributed by atoms with Crippen LogP contribution in [0.4, 0.5) is 0 Å². The first-order valence-corrected chi connectivity index (χ1v) is 6.46. The zero-order valence-corrected chi connectivity index (χ0v) is 11.3. The second kappa shape index (κ2) is 9.55. The molecule has 5 nitrogen and oxygen atoms in total. The van der Waals surface area contributed by atoms with Crippen LogP contribution in [-0.4, -0.2) is 37.1 Å². The molecule has 0 unspecified atom stereocenters. The van der Waals surface area contributed by atoms with Crippen molar-refractivity contribution in [3.63, 3.8) is 0 Å². The van der Waals surface area contributed by atoms with E-state index in [1.807, 2.05) is 11.0 Å². The average Bonchev–Trinajstić information content (AvgIpc) is 2.50. The van der Waals surface area contributed by atoms with Crippen LogP contribution in [0, 0.1) is 22.7 Å². The van der Waals surface area contributed by atoms with E-state index in [-0.39, 0.29) is 12.6 Å². The summed E-state index contributed by atoms with van der Waals surface area (Å²) in [6.07, 6.45) is 0.802. The van der Waals surface area contributed by atoms with E-state index in [4.69, 9.17) is 15.3 Å². The van der Waals surface area contributed by atoms with Crippen LogP contribution in [0.1, 0.15) is 23.2 Å². The van der Waals surface area contributed by atoms with Gasteiger partial charge in [-0.2, -0.15) is 10.5 Å². The molecule has 0 aromatic heterocycles. The Morgan fingerprint density at radius 1 is 1.05 bits per heavy atom. The maximum atomic E-state index is 11.7. The van der Waals surface area contributed by atoms with Crippen molar-refractivity contribution in [2.75, 3.05) is 26.2 Å². The lowest BCUT2D eigenvalue weighted by Gasteiger charge is -2.19. The molecule has 1 aromatic carbocycles. The molecule has 0 atom stereocenters. The van der Waals surface area contributed by atoms with Crippen LogP contribution in [0.5, 0.6) is 0 Å². The van der Waals surface area contributed by atoms with E-state index in [2.05, 4.69) is 12.1 Å². The predicted octanol–water partition coefficient (Wildman–Crippen LogP) is 1.97. The van der Waals surface area contributed by atoms with Crippen molar-refractivity contribution >= 4 is 5.97 Å². The fraction of sp³-hybridized carbons (Fsp3) is 0.400. The van der Waals surface area contributed by atoms with Crippen LogP contribution >= 0.6 is 0 Å². The van der Waals surface area contributed by atoms with Crippen molar-refractivity contribution in [1.82, 2.24) is 4.90 Å². The highest BCUT2D eigenvalue weighted by Crippen LogP contribution is 2.01. The normalized spacial score (nSPS) is 9.75. The van der Waals surface area contributed by atoms with E-state index in [0.717, 1.165) is 0 Å². The summed E-state index contributed by atoms with van der Waals surface area (Å²) in [6, 6.07) is 12.9. The number of nitriles is 2. The molecule has 1 rings (SSSR count). The zero-order valence-electron chi connectivity index (χ0n) is 11.3. The van der Waals surface area contributed by atoms with Crippen molar-refractivity contribution in [2.45, 2.75) is 12.8 Å². The molecule has 104 valence electrons. The summed E-state index contributed by atoms with van der Waals surface area (Å²) in [5, 5.41) is 17.2. The zero-order chi connectivity index (χ0) is 14.6. The Labute approximate surface area is 119 Å². The number of rotatable bonds is 8. The maximum absolute atomic E-state index is 11.7. The first kappa shape index (κ1) is 15.7. The third-order valence-corrected chi connectivity index (χ3v) is 2.73. The Morgan fingerprint density at radius 2 is 1.65 bits per heavy atom. The van der Waals surface area contributed by atoms with Crippen molar-refractivity contribution in [3.05, 3.63) is 35.9 Å². The highest BCUT2D eigenvalue weighted by Gasteiger charge is 2.08. The van der Waals surface area contributed by atoms with Gasteiger partial charge in [0.15, 0.2) is 0 Å². The van der Waals surface area contributed by atoms with Crippen LogP contribution in [0.25, 0.3) is 0 Å². The van der Waals surface area contributed by atoms with E-state index in [0.29, 0.717) is 38.0 Å². The van der Waals surface area contributed by atoms with E-state index < -0.39 is 0 Å². The minimum atomic E-state index is -0.355. The molecule has 0 N–H and O–H groups in total. The minimum Gasteiger partial charge on any atom is -0.461 e. The molecular formula is C15H17N3O2. The largest absolute Gasteiger partial charge is 0.461 e. The second-order valence-corrected chi connectivity index (χ2v) is 4.16. The molecule has 0 aliphatic heterocycles. The molecule has 0 saturated heterocycles. The molecule has 0 amide bonds. The third kappa shape index (κ3) is 5.99. The van der Waals surface area contributed by atoms with E-state index in [9.17, 15) is 4.79 Å². The van der Waals surface area contributed by atoms with Crippen molar-refractivity contribution in [1.29, 1.82) is 10.5 Å². The van der Waals surface area contributed by atoms with Gasteiger partial charge in [0, 0.05) is 32.5 Å². The van der Waals surface area contributed by atoms with Gasteiger partial charge in [0.1, 0.15) is 6.61 Å². The molecule has 0 aliphatic carbocycles. The van der Waals surface area contributed by atoms with Gasteiger partial charge in [-0.15, -0.1) is 0 Å². The van der Waals surface area contributed by atoms with Gasteiger partial charge in [-0.3, -0.25) is 4.90 Å². The molecule has 0 saturated carbocycles. The molecule has 0 bridgehead atoms. The number of hydrogen-bond acceptors (Lipinski definition) is 5. The standard InChI is InChI=1S/C15H17N3O2/c16-8-4-10-18(11-5-9-17)12-13-20-15(19)14-6-2-1-3-7-14/h1-3,6-7H,4-5,10-13H2. The monoisotopic (exact) mass is 271 g/mol. The topological polar surface area (TPSA) is 77.1 Å². The third-order valence-electron chi connectivity index (χ3n) is 2.73. The van der Waals surface area contributed by atoms with Gasteiger partial charge >= 0.3 is 5.97 Å². The summed E-state index contributed by atoms with van der Waals surface area (Å²) < 4.78 is 5.17. The molecule has 0 spiro atoms. The summed E-state index contributed by atoms with van der Waals surface area (Å²) in [6.45, 7) is 1.95. The highest BCUT2D eigenvalue weighted by molar-refractivity contribution is 5.89. The fourth-order valence-electron chi connectivity index (χ4n) is 1.68. The van der Waals surface area contributed by atoms with Gasteiger partial charge in [0.2, 0.25) is 0 Å². The quantitative estimate of drug-likeness (QED) is 0.675. The van der Waals surface area contributed by atoms with Crippen LogP contribution < -0.4 is 0 Å². The number of esters is 1. The summed E-state index contributed by atoms with van der Waals surface area (Å²) in [5.74, 6) is -0.355. The smallest absolute Gasteiger partial charge is 0.338 e. The number of ether oxygens (including phenoxy) is 1. The van der Waals surface area contributed by atoms with Crippen LogP contribution in [0.2, 0.25) is 0 Å². The average molecular weight is 271 g/mol. The molecule has 5 heteroatoms. The van der Waals surface area contributed by atoms with Crippen LogP contribution in [-0.2, 0) is 4.74 Å². The number of carbonyl (C=O) groups excluding carboxylic acids is 1. The van der Waals surface area contributed by atoms with E-state index >= 15 is 0 Å². The predicted molar refractivity (Wildman–Crippen MR) is 73.6 cm³/mol. The molecule has 0 fully saturated rings. The lowest BCUT2D eigenvalue weighted by Crippen LogP contribution is -2.30. The van der Waals surface area contributed by atoms with Gasteiger partial charge in [-0.05, 0) is 12.1 Å². The Kier molecular flexibility index (Phi) is 7.49. The first-order chi connectivity index (χ1) is 9.77. The van der Waals surface area contributed by atoms with Crippen LogP contribution in [0.3, 0.4) is 0 Å². The molecular weight excluding hydrogens is 254 g/mol. The van der Waals surface area contributed by atoms with Crippen molar-refractivity contribution in [3.8, 4) is 12.1 Å². The Bertz CT molecular complexity index is 470. The number of hydrogen-bond donors (Lipinski definition) is 0. The number of benzene rings is 1. The van der Waals surface area contributed by atoms with Gasteiger partial charge in [-0.1, -0.05) is 18.2 Å². The lowest BCUT2D eigenvalue weighted by atomic mass is 10.2. The SMILES string of the molecule is N#CCCN(CCC#N)CCOC(=O)c1ccccc1. The Balaban J connectivity index is 2.34. The highest BCUT2D eigenvalue weighted by atomic mass is 16.5. The van der Waals surface area contributed by atoms with Gasteiger partial charge in [0.25, 0.3) is 0 Å². The van der Waals surface area contributed by atoms with Gasteiger partial charge < -0.3 is 4.74 Å². The Hall–Kier alpha value is -2.37. The van der Waals surface area contributed by atoms with E-state index in [1.165, 1.54) is 0 Å². The molecule has 20 heavy (non-hydrogen) atoms. The summed E-state index contributed by atoms with van der Waals surface area (Å²) >= 11 is 0. The summed E-state index contributed by atoms with van der Waals surface area (Å²) in [7, 11) is 0. The minimum absolute atomic E-state index is 0.255. The summed E-state index contributed by atoms with van der Waals surface area (Å²) in [5.41, 5.74) is 0.521. The molecule has 1 aromatic rings. The lowest BCUT2D eigenvalue weighted by molar-refractivity contribution is 0.0463. The molecule has 0 aliphatic rings. The summed E-state index contributed by atoms with van der Waals surface area (Å²) in [4.78, 5) is 13.7. The number of carbonyl (C=O) groups is 1. The fourth-order valence-corrected chi connectivity index (χ4v) is 1.68. The van der Waals surface area contributed by atoms with Crippen molar-refractivity contribution < 1.29 is 9.53 Å². The second-order valence-electron chi connectivity index (χ2n) is 4.16. The van der Waals surface area contributed by atoms with Crippen LogP contribution in [0.15, 0.2) is 30.3 Å². The van der Waals surface area contributed by atoms with Gasteiger partial charge in [-0.25, -0.2) is 4.79 Å². The number of nitrogens with zero attached hydrogens (tertiary/aromatic N) is 3. The Morgan fingerprint density at radius 3 is 2.20 bits per heavy atom. The van der Waals surface area contributed by atoms with Gasteiger partial charge in [0.05, 0.1) is 17.7 Å². The van der Waals surface area contributed by atoms with Crippen molar-refractivity contribution in [2.24, 2.45) is 0 Å². The maximum Gasteiger partial charge on any atom is 0.338 e. The molecule has 0 heterocycles. The first-order valence-electron chi connectivity index (χ1n) is 6.46. The molecule has 0 radical (unpaired) electrons.